The van der Waals surface area contributed by atoms with Crippen LogP contribution in [0.5, 0.6) is 0 Å². The van der Waals surface area contributed by atoms with Gasteiger partial charge in [0.25, 0.3) is 0 Å². The molecule has 128 valence electrons. The molecule has 1 aliphatic rings. The molecule has 1 aliphatic heterocycles. The van der Waals surface area contributed by atoms with Crippen LogP contribution in [0.3, 0.4) is 0 Å². The summed E-state index contributed by atoms with van der Waals surface area (Å²) >= 11 is 0. The number of halogens is 1. The third-order valence-corrected chi connectivity index (χ3v) is 5.04. The number of hydrogen-bond acceptors (Lipinski definition) is 2. The van der Waals surface area contributed by atoms with E-state index in [0.29, 0.717) is 12.8 Å². The van der Waals surface area contributed by atoms with E-state index in [1.165, 1.54) is 6.07 Å². The Kier molecular flexibility index (Phi) is 4.69. The van der Waals surface area contributed by atoms with Crippen LogP contribution in [-0.4, -0.2) is 33.2 Å². The highest BCUT2D eigenvalue weighted by Gasteiger charge is 2.29. The van der Waals surface area contributed by atoms with Gasteiger partial charge < -0.3 is 4.90 Å². The third-order valence-electron chi connectivity index (χ3n) is 5.04. The number of hydrogen-bond donors (Lipinski definition) is 0. The van der Waals surface area contributed by atoms with E-state index >= 15 is 0 Å². The first-order chi connectivity index (χ1) is 11.5. The number of carbonyl (C=O) groups is 1. The fourth-order valence-corrected chi connectivity index (χ4v) is 3.64. The summed E-state index contributed by atoms with van der Waals surface area (Å²) in [6, 6.07) is 6.84. The number of amides is 1. The molecule has 1 amide bonds. The van der Waals surface area contributed by atoms with Crippen LogP contribution in [0.15, 0.2) is 24.3 Å². The van der Waals surface area contributed by atoms with Gasteiger partial charge in [-0.1, -0.05) is 12.1 Å². The van der Waals surface area contributed by atoms with Crippen LogP contribution < -0.4 is 0 Å². The van der Waals surface area contributed by atoms with Crippen LogP contribution in [-0.2, 0) is 24.7 Å². The molecule has 0 spiro atoms. The quantitative estimate of drug-likeness (QED) is 0.865. The van der Waals surface area contributed by atoms with E-state index in [4.69, 9.17) is 0 Å². The predicted molar refractivity (Wildman–Crippen MR) is 91.2 cm³/mol. The fourth-order valence-electron chi connectivity index (χ4n) is 3.64. The highest BCUT2D eigenvalue weighted by molar-refractivity contribution is 5.80. The predicted octanol–water partition coefficient (Wildman–Crippen LogP) is 2.95. The van der Waals surface area contributed by atoms with Gasteiger partial charge in [0.15, 0.2) is 0 Å². The van der Waals surface area contributed by atoms with Crippen LogP contribution >= 0.6 is 0 Å². The van der Waals surface area contributed by atoms with Gasteiger partial charge in [0, 0.05) is 30.9 Å². The topological polar surface area (TPSA) is 38.1 Å². The number of aromatic nitrogens is 2. The summed E-state index contributed by atoms with van der Waals surface area (Å²) in [5.41, 5.74) is 3.94. The lowest BCUT2D eigenvalue weighted by Gasteiger charge is -2.25. The molecule has 0 N–H and O–H groups in total. The maximum atomic E-state index is 13.4. The van der Waals surface area contributed by atoms with Gasteiger partial charge in [-0.05, 0) is 50.8 Å². The van der Waals surface area contributed by atoms with Crippen molar-refractivity contribution < 1.29 is 9.18 Å². The molecule has 1 fully saturated rings. The molecule has 1 unspecified atom stereocenters. The van der Waals surface area contributed by atoms with Crippen molar-refractivity contribution in [1.82, 2.24) is 14.7 Å². The number of benzene rings is 1. The number of aryl methyl sites for hydroxylation is 2. The summed E-state index contributed by atoms with van der Waals surface area (Å²) < 4.78 is 15.2. The average Bonchev–Trinajstić information content (AvgIpc) is 3.08. The van der Waals surface area contributed by atoms with Crippen molar-refractivity contribution >= 4 is 5.91 Å². The molecule has 1 atom stereocenters. The molecule has 24 heavy (non-hydrogen) atoms. The van der Waals surface area contributed by atoms with E-state index in [1.807, 2.05) is 36.5 Å². The Labute approximate surface area is 142 Å². The fraction of sp³-hybridized carbons (Fsp3) is 0.474. The van der Waals surface area contributed by atoms with Crippen molar-refractivity contribution in [2.75, 3.05) is 6.54 Å². The molecule has 0 bridgehead atoms. The molecule has 0 radical (unpaired) electrons. The zero-order valence-corrected chi connectivity index (χ0v) is 14.6. The van der Waals surface area contributed by atoms with Gasteiger partial charge >= 0.3 is 0 Å². The minimum atomic E-state index is -0.218. The Morgan fingerprint density at radius 1 is 1.38 bits per heavy atom. The highest BCUT2D eigenvalue weighted by atomic mass is 19.1. The Bertz CT molecular complexity index is 753. The van der Waals surface area contributed by atoms with Crippen molar-refractivity contribution in [3.05, 3.63) is 52.6 Å². The molecular formula is C19H24FN3O. The van der Waals surface area contributed by atoms with Crippen molar-refractivity contribution in [3.63, 3.8) is 0 Å². The minimum absolute atomic E-state index is 0.146. The van der Waals surface area contributed by atoms with E-state index in [-0.39, 0.29) is 17.8 Å². The molecule has 1 aromatic carbocycles. The van der Waals surface area contributed by atoms with E-state index in [0.717, 1.165) is 41.9 Å². The molecule has 1 saturated heterocycles. The van der Waals surface area contributed by atoms with E-state index < -0.39 is 0 Å². The number of likely N-dealkylation sites (tertiary alicyclic amines) is 1. The van der Waals surface area contributed by atoms with E-state index in [9.17, 15) is 9.18 Å². The van der Waals surface area contributed by atoms with Crippen LogP contribution in [0, 0.1) is 19.7 Å². The monoisotopic (exact) mass is 329 g/mol. The summed E-state index contributed by atoms with van der Waals surface area (Å²) in [7, 11) is 1.90. The molecule has 4 nitrogen and oxygen atoms in total. The summed E-state index contributed by atoms with van der Waals surface area (Å²) in [4.78, 5) is 14.8. The second-order valence-corrected chi connectivity index (χ2v) is 6.67. The highest BCUT2D eigenvalue weighted by Crippen LogP contribution is 2.23. The Morgan fingerprint density at radius 3 is 2.83 bits per heavy atom. The Balaban J connectivity index is 1.71. The van der Waals surface area contributed by atoms with Crippen molar-refractivity contribution in [1.29, 1.82) is 0 Å². The van der Waals surface area contributed by atoms with E-state index in [2.05, 4.69) is 5.10 Å². The van der Waals surface area contributed by atoms with Crippen molar-refractivity contribution in [3.8, 4) is 0 Å². The summed E-state index contributed by atoms with van der Waals surface area (Å²) in [5, 5.41) is 4.39. The summed E-state index contributed by atoms with van der Waals surface area (Å²) in [6.07, 6.45) is 3.10. The van der Waals surface area contributed by atoms with E-state index in [1.54, 1.807) is 12.1 Å². The van der Waals surface area contributed by atoms with Gasteiger partial charge in [0.1, 0.15) is 5.82 Å². The second-order valence-electron chi connectivity index (χ2n) is 6.67. The average molecular weight is 329 g/mol. The van der Waals surface area contributed by atoms with Crippen molar-refractivity contribution in [2.24, 2.45) is 7.05 Å². The lowest BCUT2D eigenvalue weighted by molar-refractivity contribution is -0.131. The molecule has 2 aromatic rings. The SMILES string of the molecule is Cc1nn(C)c(C)c1CC(=O)N1CCCC1Cc1cccc(F)c1. The molecule has 2 heterocycles. The van der Waals surface area contributed by atoms with Gasteiger partial charge in [-0.2, -0.15) is 5.10 Å². The Morgan fingerprint density at radius 2 is 2.17 bits per heavy atom. The van der Waals surface area contributed by atoms with Crippen LogP contribution in [0.25, 0.3) is 0 Å². The first-order valence-corrected chi connectivity index (χ1v) is 8.48. The van der Waals surface area contributed by atoms with Gasteiger partial charge in [-0.15, -0.1) is 0 Å². The van der Waals surface area contributed by atoms with Crippen LogP contribution in [0.4, 0.5) is 4.39 Å². The smallest absolute Gasteiger partial charge is 0.227 e. The standard InChI is InChI=1S/C19H24FN3O/c1-13-18(14(2)22(3)21-13)12-19(24)23-9-5-8-17(23)11-15-6-4-7-16(20)10-15/h4,6-7,10,17H,5,8-9,11-12H2,1-3H3. The molecule has 0 aliphatic carbocycles. The first kappa shape index (κ1) is 16.7. The number of rotatable bonds is 4. The van der Waals surface area contributed by atoms with Gasteiger partial charge in [0.2, 0.25) is 5.91 Å². The largest absolute Gasteiger partial charge is 0.339 e. The second kappa shape index (κ2) is 6.75. The van der Waals surface area contributed by atoms with Gasteiger partial charge in [0.05, 0.1) is 12.1 Å². The van der Waals surface area contributed by atoms with Gasteiger partial charge in [-0.3, -0.25) is 9.48 Å². The van der Waals surface area contributed by atoms with Gasteiger partial charge in [-0.25, -0.2) is 4.39 Å². The van der Waals surface area contributed by atoms with Crippen LogP contribution in [0.2, 0.25) is 0 Å². The van der Waals surface area contributed by atoms with Crippen molar-refractivity contribution in [2.45, 2.75) is 45.6 Å². The molecule has 0 saturated carbocycles. The zero-order valence-electron chi connectivity index (χ0n) is 14.6. The summed E-state index contributed by atoms with van der Waals surface area (Å²) in [6.45, 7) is 4.73. The minimum Gasteiger partial charge on any atom is -0.339 e. The maximum absolute atomic E-state index is 13.4. The number of nitrogens with zero attached hydrogens (tertiary/aromatic N) is 3. The summed E-state index contributed by atoms with van der Waals surface area (Å²) in [5.74, 6) is -0.0712. The number of carbonyl (C=O) groups excluding carboxylic acids is 1. The molecule has 3 rings (SSSR count). The Hall–Kier alpha value is -2.17. The molecular weight excluding hydrogens is 305 g/mol. The maximum Gasteiger partial charge on any atom is 0.227 e. The van der Waals surface area contributed by atoms with Crippen LogP contribution in [0.1, 0.15) is 35.4 Å². The lowest BCUT2D eigenvalue weighted by atomic mass is 10.0. The first-order valence-electron chi connectivity index (χ1n) is 8.48. The normalized spacial score (nSPS) is 17.5. The zero-order chi connectivity index (χ0) is 17.3. The third kappa shape index (κ3) is 3.35. The molecule has 1 aromatic heterocycles. The molecule has 5 heteroatoms. The lowest BCUT2D eigenvalue weighted by Crippen LogP contribution is -2.38.